The summed E-state index contributed by atoms with van der Waals surface area (Å²) < 4.78 is 22.6. The summed E-state index contributed by atoms with van der Waals surface area (Å²) in [5, 5.41) is 8.67. The van der Waals surface area contributed by atoms with Gasteiger partial charge >= 0.3 is 5.97 Å². The molecule has 0 radical (unpaired) electrons. The van der Waals surface area contributed by atoms with Gasteiger partial charge in [0.1, 0.15) is 0 Å². The van der Waals surface area contributed by atoms with E-state index in [1.165, 1.54) is 0 Å². The Balaban J connectivity index is 3.23. The molecule has 1 rings (SSSR count). The first kappa shape index (κ1) is 12.3. The number of aromatic carboxylic acids is 1. The Morgan fingerprint density at radius 1 is 1.40 bits per heavy atom. The molecule has 0 amide bonds. The van der Waals surface area contributed by atoms with Gasteiger partial charge in [-0.2, -0.15) is 0 Å². The lowest BCUT2D eigenvalue weighted by Gasteiger charge is -2.11. The molecule has 8 heteroatoms. The lowest BCUT2D eigenvalue weighted by atomic mass is 10.2. The zero-order valence-electron chi connectivity index (χ0n) is 6.99. The van der Waals surface area contributed by atoms with E-state index in [1.807, 2.05) is 4.72 Å². The number of nitrogens with one attached hydrogen (secondary N) is 1. The number of carbonyl (C=O) groups is 1. The topological polar surface area (TPSA) is 89.5 Å². The molecule has 0 aliphatic rings. The van der Waals surface area contributed by atoms with E-state index in [0.29, 0.717) is 0 Å². The number of hydrogen-bond donors (Lipinski definition) is 2. The summed E-state index contributed by atoms with van der Waals surface area (Å²) in [4.78, 5) is 10.7. The van der Waals surface area contributed by atoms with Crippen LogP contribution in [0, 0.1) is 0 Å². The van der Waals surface area contributed by atoms with Crippen LogP contribution in [0.5, 0.6) is 0 Å². The largest absolute Gasteiger partial charge is 0.755 e. The fourth-order valence-corrected chi connectivity index (χ4v) is 1.80. The predicted octanol–water partition coefficient (Wildman–Crippen LogP) is 1.90. The fourth-order valence-electron chi connectivity index (χ4n) is 0.881. The lowest BCUT2D eigenvalue weighted by molar-refractivity contribution is 0.0697. The van der Waals surface area contributed by atoms with Gasteiger partial charge in [-0.25, -0.2) is 4.79 Å². The molecule has 0 saturated heterocycles. The van der Waals surface area contributed by atoms with Crippen LogP contribution >= 0.6 is 23.2 Å². The highest BCUT2D eigenvalue weighted by atomic mass is 35.5. The van der Waals surface area contributed by atoms with Crippen molar-refractivity contribution in [3.8, 4) is 0 Å². The van der Waals surface area contributed by atoms with E-state index in [2.05, 4.69) is 0 Å². The molecule has 5 nitrogen and oxygen atoms in total. The fraction of sp³-hybridized carbons (Fsp3) is 0. The van der Waals surface area contributed by atoms with E-state index in [1.54, 1.807) is 0 Å². The van der Waals surface area contributed by atoms with Gasteiger partial charge in [-0.1, -0.05) is 23.2 Å². The van der Waals surface area contributed by atoms with Gasteiger partial charge in [-0.15, -0.1) is 0 Å². The summed E-state index contributed by atoms with van der Waals surface area (Å²) in [6.07, 6.45) is 0. The van der Waals surface area contributed by atoms with E-state index in [4.69, 9.17) is 28.3 Å². The molecule has 0 aromatic heterocycles. The second-order valence-corrected chi connectivity index (χ2v) is 3.94. The number of rotatable bonds is 3. The molecular formula is C7H4Cl2NO4S-. The Bertz CT molecular complexity index is 437. The van der Waals surface area contributed by atoms with Crippen LogP contribution in [0.1, 0.15) is 10.4 Å². The van der Waals surface area contributed by atoms with Crippen molar-refractivity contribution >= 4 is 46.1 Å². The number of carboxylic acids is 1. The number of carboxylic acid groups (broad SMARTS) is 1. The van der Waals surface area contributed by atoms with Crippen molar-refractivity contribution in [3.05, 3.63) is 27.7 Å². The summed E-state index contributed by atoms with van der Waals surface area (Å²) >= 11 is 8.65. The first-order chi connectivity index (χ1) is 6.91. The zero-order valence-corrected chi connectivity index (χ0v) is 9.32. The SMILES string of the molecule is O=C(O)c1cc(NS(=O)[O-])c(Cl)cc1Cl. The molecule has 0 spiro atoms. The highest BCUT2D eigenvalue weighted by Crippen LogP contribution is 2.29. The molecule has 15 heavy (non-hydrogen) atoms. The predicted molar refractivity (Wildman–Crippen MR) is 56.0 cm³/mol. The molecule has 1 atom stereocenters. The van der Waals surface area contributed by atoms with Crippen molar-refractivity contribution in [2.45, 2.75) is 0 Å². The van der Waals surface area contributed by atoms with Gasteiger partial charge in [0.05, 0.1) is 21.3 Å². The van der Waals surface area contributed by atoms with Crippen molar-refractivity contribution in [2.24, 2.45) is 0 Å². The van der Waals surface area contributed by atoms with E-state index < -0.39 is 17.2 Å². The maximum Gasteiger partial charge on any atom is 0.337 e. The highest BCUT2D eigenvalue weighted by Gasteiger charge is 2.12. The molecule has 0 aliphatic carbocycles. The Morgan fingerprint density at radius 2 is 2.00 bits per heavy atom. The minimum absolute atomic E-state index is 0.0224. The Kier molecular flexibility index (Phi) is 3.92. The third-order valence-electron chi connectivity index (χ3n) is 1.48. The molecule has 1 aromatic rings. The minimum Gasteiger partial charge on any atom is -0.755 e. The highest BCUT2D eigenvalue weighted by molar-refractivity contribution is 7.80. The second kappa shape index (κ2) is 4.80. The second-order valence-electron chi connectivity index (χ2n) is 2.45. The zero-order chi connectivity index (χ0) is 11.6. The summed E-state index contributed by atoms with van der Waals surface area (Å²) in [6.45, 7) is 0. The maximum atomic E-state index is 10.7. The van der Waals surface area contributed by atoms with Crippen LogP contribution in [0.2, 0.25) is 10.0 Å². The van der Waals surface area contributed by atoms with E-state index in [-0.39, 0.29) is 21.3 Å². The number of hydrogen-bond acceptors (Lipinski definition) is 3. The maximum absolute atomic E-state index is 10.7. The molecule has 82 valence electrons. The third-order valence-corrected chi connectivity index (χ3v) is 2.49. The third kappa shape index (κ3) is 3.07. The van der Waals surface area contributed by atoms with Gasteiger partial charge in [-0.3, -0.25) is 4.21 Å². The normalized spacial score (nSPS) is 12.2. The van der Waals surface area contributed by atoms with Crippen molar-refractivity contribution in [3.63, 3.8) is 0 Å². The van der Waals surface area contributed by atoms with Crippen molar-refractivity contribution in [1.29, 1.82) is 0 Å². The van der Waals surface area contributed by atoms with Crippen LogP contribution in [-0.2, 0) is 11.3 Å². The van der Waals surface area contributed by atoms with Gasteiger partial charge in [0.2, 0.25) is 0 Å². The van der Waals surface area contributed by atoms with Crippen molar-refractivity contribution < 1.29 is 18.7 Å². The van der Waals surface area contributed by atoms with Crippen molar-refractivity contribution in [2.75, 3.05) is 4.72 Å². The number of benzene rings is 1. The van der Waals surface area contributed by atoms with Crippen LogP contribution in [0.15, 0.2) is 12.1 Å². The van der Waals surface area contributed by atoms with Gasteiger partial charge in [0.25, 0.3) is 0 Å². The summed E-state index contributed by atoms with van der Waals surface area (Å²) in [6, 6.07) is 2.20. The first-order valence-corrected chi connectivity index (χ1v) is 5.33. The van der Waals surface area contributed by atoms with Crippen molar-refractivity contribution in [1.82, 2.24) is 0 Å². The Labute approximate surface area is 97.4 Å². The van der Waals surface area contributed by atoms with Crippen LogP contribution in [0.3, 0.4) is 0 Å². The van der Waals surface area contributed by atoms with Gasteiger partial charge in [0, 0.05) is 11.3 Å². The molecule has 0 bridgehead atoms. The Morgan fingerprint density at radius 3 is 2.47 bits per heavy atom. The van der Waals surface area contributed by atoms with Gasteiger partial charge in [-0.05, 0) is 12.1 Å². The van der Waals surface area contributed by atoms with E-state index in [9.17, 15) is 13.6 Å². The van der Waals surface area contributed by atoms with E-state index in [0.717, 1.165) is 12.1 Å². The summed E-state index contributed by atoms with van der Waals surface area (Å²) in [5.74, 6) is -1.27. The quantitative estimate of drug-likeness (QED) is 0.820. The monoisotopic (exact) mass is 268 g/mol. The first-order valence-electron chi connectivity index (χ1n) is 3.50. The molecule has 2 N–H and O–H groups in total. The standard InChI is InChI=1S/C7H5Cl2NO4S/c8-4-2-5(9)6(10-15(13)14)1-3(4)7(11)12/h1-2,10H,(H,11,12)(H,13,14)/p-1. The van der Waals surface area contributed by atoms with Crippen LogP contribution in [0.25, 0.3) is 0 Å². The average molecular weight is 269 g/mol. The van der Waals surface area contributed by atoms with E-state index >= 15 is 0 Å². The molecular weight excluding hydrogens is 265 g/mol. The molecule has 1 aromatic carbocycles. The smallest absolute Gasteiger partial charge is 0.337 e. The molecule has 0 saturated carbocycles. The molecule has 0 fully saturated rings. The number of halogens is 2. The molecule has 0 aliphatic heterocycles. The summed E-state index contributed by atoms with van der Waals surface area (Å²) in [5.41, 5.74) is -0.263. The van der Waals surface area contributed by atoms with Gasteiger partial charge < -0.3 is 14.4 Å². The van der Waals surface area contributed by atoms with Crippen LogP contribution in [-0.4, -0.2) is 19.8 Å². The van der Waals surface area contributed by atoms with Gasteiger partial charge in [0.15, 0.2) is 0 Å². The molecule has 0 heterocycles. The van der Waals surface area contributed by atoms with Crippen LogP contribution < -0.4 is 4.72 Å². The van der Waals surface area contributed by atoms with Crippen LogP contribution in [0.4, 0.5) is 5.69 Å². The lowest BCUT2D eigenvalue weighted by Crippen LogP contribution is -2.05. The molecule has 1 unspecified atom stereocenters. The average Bonchev–Trinajstić information content (AvgIpc) is 2.08. The minimum atomic E-state index is -2.58. The Hall–Kier alpha value is -0.820. The summed E-state index contributed by atoms with van der Waals surface area (Å²) in [7, 11) is 0. The number of anilines is 1.